The third kappa shape index (κ3) is 3.56. The highest BCUT2D eigenvalue weighted by Gasteiger charge is 2.46. The molecule has 5 rings (SSSR count). The Morgan fingerprint density at radius 2 is 1.58 bits per heavy atom. The molecule has 1 atom stereocenters. The lowest BCUT2D eigenvalue weighted by atomic mass is 9.91. The summed E-state index contributed by atoms with van der Waals surface area (Å²) < 4.78 is 5.20. The van der Waals surface area contributed by atoms with Crippen molar-refractivity contribution in [2.24, 2.45) is 0 Å². The molecular formula is C28H23NO4. The van der Waals surface area contributed by atoms with E-state index < -0.39 is 17.7 Å². The monoisotopic (exact) mass is 437 g/mol. The number of amides is 1. The van der Waals surface area contributed by atoms with E-state index >= 15 is 0 Å². The van der Waals surface area contributed by atoms with Gasteiger partial charge in [0.1, 0.15) is 5.76 Å². The number of Topliss-reactive ketones (excluding diaryl/α,β-unsaturated/α-hetero) is 1. The number of carbonyl (C=O) groups is 2. The number of ether oxygens (including phenoxy) is 1. The Labute approximate surface area is 191 Å². The van der Waals surface area contributed by atoms with Crippen molar-refractivity contribution >= 4 is 39.0 Å². The van der Waals surface area contributed by atoms with Crippen LogP contribution in [-0.4, -0.2) is 42.0 Å². The number of ketones is 1. The van der Waals surface area contributed by atoms with Gasteiger partial charge in [-0.1, -0.05) is 78.9 Å². The van der Waals surface area contributed by atoms with E-state index in [1.165, 1.54) is 4.90 Å². The Bertz CT molecular complexity index is 1420. The van der Waals surface area contributed by atoms with Crippen molar-refractivity contribution < 1.29 is 19.4 Å². The molecule has 1 amide bonds. The molecule has 33 heavy (non-hydrogen) atoms. The van der Waals surface area contributed by atoms with Gasteiger partial charge in [0.2, 0.25) is 0 Å². The van der Waals surface area contributed by atoms with E-state index in [1.54, 1.807) is 13.2 Å². The van der Waals surface area contributed by atoms with Crippen LogP contribution in [0.15, 0.2) is 90.5 Å². The summed E-state index contributed by atoms with van der Waals surface area (Å²) in [5, 5.41) is 15.3. The summed E-state index contributed by atoms with van der Waals surface area (Å²) in [6.07, 6.45) is 0. The Morgan fingerprint density at radius 3 is 2.36 bits per heavy atom. The van der Waals surface area contributed by atoms with Crippen molar-refractivity contribution in [3.8, 4) is 0 Å². The topological polar surface area (TPSA) is 66.8 Å². The number of rotatable bonds is 5. The van der Waals surface area contributed by atoms with Crippen molar-refractivity contribution in [2.45, 2.75) is 6.04 Å². The number of nitrogens with zero attached hydrogens (tertiary/aromatic N) is 1. The lowest BCUT2D eigenvalue weighted by Crippen LogP contribution is -2.32. The van der Waals surface area contributed by atoms with Gasteiger partial charge in [-0.3, -0.25) is 9.59 Å². The van der Waals surface area contributed by atoms with Crippen molar-refractivity contribution in [1.29, 1.82) is 0 Å². The molecule has 5 nitrogen and oxygen atoms in total. The van der Waals surface area contributed by atoms with Gasteiger partial charge in [0.25, 0.3) is 11.7 Å². The minimum absolute atomic E-state index is 0.0998. The third-order valence-electron chi connectivity index (χ3n) is 6.22. The van der Waals surface area contributed by atoms with Gasteiger partial charge in [-0.15, -0.1) is 0 Å². The second kappa shape index (κ2) is 8.52. The lowest BCUT2D eigenvalue weighted by molar-refractivity contribution is -0.140. The van der Waals surface area contributed by atoms with Crippen molar-refractivity contribution in [1.82, 2.24) is 4.90 Å². The van der Waals surface area contributed by atoms with Gasteiger partial charge in [0.05, 0.1) is 18.2 Å². The molecular weight excluding hydrogens is 414 g/mol. The Hall–Kier alpha value is -3.96. The molecule has 1 heterocycles. The largest absolute Gasteiger partial charge is 0.507 e. The van der Waals surface area contributed by atoms with Gasteiger partial charge in [-0.05, 0) is 33.2 Å². The predicted octanol–water partition coefficient (Wildman–Crippen LogP) is 5.06. The van der Waals surface area contributed by atoms with Gasteiger partial charge < -0.3 is 14.7 Å². The number of likely N-dealkylation sites (tertiary alicyclic amines) is 1. The fraction of sp³-hybridized carbons (Fsp3) is 0.143. The summed E-state index contributed by atoms with van der Waals surface area (Å²) >= 11 is 0. The normalized spacial score (nSPS) is 17.8. The molecule has 0 spiro atoms. The molecule has 1 aliphatic heterocycles. The van der Waals surface area contributed by atoms with E-state index in [0.29, 0.717) is 5.56 Å². The molecule has 164 valence electrons. The zero-order chi connectivity index (χ0) is 22.9. The molecule has 4 aromatic carbocycles. The van der Waals surface area contributed by atoms with Crippen LogP contribution in [0.2, 0.25) is 0 Å². The van der Waals surface area contributed by atoms with Gasteiger partial charge in [0, 0.05) is 19.2 Å². The van der Waals surface area contributed by atoms with Crippen LogP contribution in [0.1, 0.15) is 17.2 Å². The Morgan fingerprint density at radius 1 is 0.879 bits per heavy atom. The van der Waals surface area contributed by atoms with Crippen molar-refractivity contribution in [3.05, 3.63) is 102 Å². The highest BCUT2D eigenvalue weighted by Crippen LogP contribution is 2.41. The fourth-order valence-corrected chi connectivity index (χ4v) is 4.60. The summed E-state index contributed by atoms with van der Waals surface area (Å²) in [6, 6.07) is 26.3. The van der Waals surface area contributed by atoms with Crippen molar-refractivity contribution in [2.75, 3.05) is 20.3 Å². The average Bonchev–Trinajstić information content (AvgIpc) is 3.11. The zero-order valence-electron chi connectivity index (χ0n) is 18.2. The first kappa shape index (κ1) is 20.9. The van der Waals surface area contributed by atoms with Gasteiger partial charge >= 0.3 is 0 Å². The maximum absolute atomic E-state index is 13.2. The number of carbonyl (C=O) groups excluding carboxylic acids is 2. The van der Waals surface area contributed by atoms with E-state index in [0.717, 1.165) is 27.1 Å². The fourth-order valence-electron chi connectivity index (χ4n) is 4.60. The second-order valence-electron chi connectivity index (χ2n) is 8.12. The number of benzene rings is 4. The first-order valence-corrected chi connectivity index (χ1v) is 10.8. The summed E-state index contributed by atoms with van der Waals surface area (Å²) in [5.74, 6) is -1.49. The molecule has 5 heteroatoms. The first-order chi connectivity index (χ1) is 16.1. The molecule has 0 bridgehead atoms. The van der Waals surface area contributed by atoms with Crippen LogP contribution < -0.4 is 0 Å². The van der Waals surface area contributed by atoms with E-state index in [2.05, 4.69) is 0 Å². The minimum Gasteiger partial charge on any atom is -0.507 e. The van der Waals surface area contributed by atoms with E-state index in [-0.39, 0.29) is 24.5 Å². The van der Waals surface area contributed by atoms with Crippen LogP contribution in [0.4, 0.5) is 0 Å². The van der Waals surface area contributed by atoms with Crippen LogP contribution in [0, 0.1) is 0 Å². The number of methoxy groups -OCH3 is 1. The molecule has 1 aliphatic rings. The van der Waals surface area contributed by atoms with Crippen LogP contribution in [0.25, 0.3) is 27.3 Å². The van der Waals surface area contributed by atoms with Gasteiger partial charge in [0.15, 0.2) is 0 Å². The number of aliphatic hydroxyl groups is 1. The smallest absolute Gasteiger partial charge is 0.295 e. The van der Waals surface area contributed by atoms with Crippen LogP contribution >= 0.6 is 0 Å². The van der Waals surface area contributed by atoms with E-state index in [9.17, 15) is 14.7 Å². The van der Waals surface area contributed by atoms with Gasteiger partial charge in [-0.2, -0.15) is 0 Å². The average molecular weight is 437 g/mol. The van der Waals surface area contributed by atoms with E-state index in [4.69, 9.17) is 4.74 Å². The van der Waals surface area contributed by atoms with Crippen LogP contribution in [-0.2, 0) is 14.3 Å². The number of aliphatic hydroxyl groups excluding tert-OH is 1. The standard InChI is InChI=1S/C28H23NO4/c1-33-16-15-29-25(23-12-6-10-19-8-4-5-11-22(19)23)24(27(31)28(29)32)26(30)21-14-13-18-7-2-3-9-20(18)17-21/h2-14,17,25,30H,15-16H2,1H3/b26-24-. The molecule has 0 radical (unpaired) electrons. The zero-order valence-corrected chi connectivity index (χ0v) is 18.2. The molecule has 0 saturated carbocycles. The van der Waals surface area contributed by atoms with Crippen LogP contribution in [0.5, 0.6) is 0 Å². The summed E-state index contributed by atoms with van der Waals surface area (Å²) in [6.45, 7) is 0.522. The maximum Gasteiger partial charge on any atom is 0.295 e. The second-order valence-corrected chi connectivity index (χ2v) is 8.12. The molecule has 0 aliphatic carbocycles. The molecule has 1 unspecified atom stereocenters. The maximum atomic E-state index is 13.2. The summed E-state index contributed by atoms with van der Waals surface area (Å²) in [7, 11) is 1.55. The molecule has 4 aromatic rings. The molecule has 0 aromatic heterocycles. The van der Waals surface area contributed by atoms with Gasteiger partial charge in [-0.25, -0.2) is 0 Å². The number of fused-ring (bicyclic) bond motifs is 2. The molecule has 1 fully saturated rings. The van der Waals surface area contributed by atoms with Crippen LogP contribution in [0.3, 0.4) is 0 Å². The third-order valence-corrected chi connectivity index (χ3v) is 6.22. The van der Waals surface area contributed by atoms with Crippen molar-refractivity contribution in [3.63, 3.8) is 0 Å². The number of hydrogen-bond donors (Lipinski definition) is 1. The minimum atomic E-state index is -0.710. The molecule has 1 saturated heterocycles. The summed E-state index contributed by atoms with van der Waals surface area (Å²) in [4.78, 5) is 27.8. The molecule has 1 N–H and O–H groups in total. The SMILES string of the molecule is COCCN1C(=O)C(=O)/C(=C(\O)c2ccc3ccccc3c2)C1c1cccc2ccccc12. The van der Waals surface area contributed by atoms with E-state index in [1.807, 2.05) is 78.9 Å². The lowest BCUT2D eigenvalue weighted by Gasteiger charge is -2.26. The Kier molecular flexibility index (Phi) is 5.40. The highest BCUT2D eigenvalue weighted by molar-refractivity contribution is 6.46. The number of hydrogen-bond acceptors (Lipinski definition) is 4. The summed E-state index contributed by atoms with van der Waals surface area (Å²) in [5.41, 5.74) is 1.40. The quantitative estimate of drug-likeness (QED) is 0.269. The highest BCUT2D eigenvalue weighted by atomic mass is 16.5. The first-order valence-electron chi connectivity index (χ1n) is 10.8. The predicted molar refractivity (Wildman–Crippen MR) is 129 cm³/mol. The Balaban J connectivity index is 1.73.